The van der Waals surface area contributed by atoms with Gasteiger partial charge in [-0.1, -0.05) is 54.5 Å². The second kappa shape index (κ2) is 9.77. The number of aromatic nitrogens is 5. The standard InChI is InChI=1S/C30H24FN7O2S/c1-16-32-14-18(15-33-16)25-24(35-28(41-25)30(2)11-12-30)27-37-38-29(40-27)36-26-22(39)13-20-19(9-6-10-21(20)31)23(34-26)17-7-4-3-5-8-17/h3-10,14-15,26H,11-13H2,1-2H3,(H,36,38)/t26-/m0/s1. The smallest absolute Gasteiger partial charge is 0.317 e. The molecule has 7 rings (SSSR count). The van der Waals surface area contributed by atoms with Crippen LogP contribution in [0.2, 0.25) is 0 Å². The van der Waals surface area contributed by atoms with Crippen molar-refractivity contribution in [3.63, 3.8) is 0 Å². The summed E-state index contributed by atoms with van der Waals surface area (Å²) in [7, 11) is 0. The van der Waals surface area contributed by atoms with Crippen molar-refractivity contribution in [1.82, 2.24) is 25.1 Å². The van der Waals surface area contributed by atoms with Crippen LogP contribution in [0, 0.1) is 12.7 Å². The maximum atomic E-state index is 14.9. The van der Waals surface area contributed by atoms with Crippen molar-refractivity contribution >= 4 is 28.8 Å². The van der Waals surface area contributed by atoms with Crippen molar-refractivity contribution in [2.75, 3.05) is 5.32 Å². The molecule has 0 radical (unpaired) electrons. The number of fused-ring (bicyclic) bond motifs is 1. The molecule has 1 N–H and O–H groups in total. The van der Waals surface area contributed by atoms with Gasteiger partial charge in [-0.3, -0.25) is 9.79 Å². The van der Waals surface area contributed by atoms with Gasteiger partial charge in [0.15, 0.2) is 11.9 Å². The van der Waals surface area contributed by atoms with Gasteiger partial charge < -0.3 is 9.73 Å². The molecule has 4 heterocycles. The molecule has 1 saturated carbocycles. The average molecular weight is 566 g/mol. The molecule has 0 saturated heterocycles. The van der Waals surface area contributed by atoms with E-state index in [1.54, 1.807) is 35.9 Å². The van der Waals surface area contributed by atoms with Crippen LogP contribution >= 0.6 is 11.3 Å². The Bertz CT molecular complexity index is 1810. The molecule has 0 spiro atoms. The zero-order valence-electron chi connectivity index (χ0n) is 22.3. The van der Waals surface area contributed by atoms with Crippen molar-refractivity contribution < 1.29 is 13.6 Å². The van der Waals surface area contributed by atoms with Crippen LogP contribution in [-0.2, 0) is 16.6 Å². The number of benzene rings is 2. The Labute approximate surface area is 238 Å². The number of nitrogens with zero attached hydrogens (tertiary/aromatic N) is 6. The Balaban J connectivity index is 1.25. The molecule has 0 bridgehead atoms. The van der Waals surface area contributed by atoms with Crippen molar-refractivity contribution in [2.45, 2.75) is 44.7 Å². The largest absolute Gasteiger partial charge is 0.402 e. The predicted octanol–water partition coefficient (Wildman–Crippen LogP) is 5.55. The van der Waals surface area contributed by atoms with Gasteiger partial charge in [0.1, 0.15) is 17.3 Å². The monoisotopic (exact) mass is 565 g/mol. The Kier molecular flexibility index (Phi) is 6.04. The summed E-state index contributed by atoms with van der Waals surface area (Å²) in [6, 6.07) is 14.2. The molecule has 204 valence electrons. The number of rotatable bonds is 6. The second-order valence-electron chi connectivity index (χ2n) is 10.5. The molecule has 3 aromatic heterocycles. The minimum atomic E-state index is -1.06. The predicted molar refractivity (Wildman–Crippen MR) is 152 cm³/mol. The van der Waals surface area contributed by atoms with E-state index in [2.05, 4.69) is 32.4 Å². The first-order valence-corrected chi connectivity index (χ1v) is 14.0. The van der Waals surface area contributed by atoms with Gasteiger partial charge in [0, 0.05) is 46.5 Å². The van der Waals surface area contributed by atoms with Gasteiger partial charge in [0.05, 0.1) is 15.6 Å². The number of thiazole rings is 1. The number of nitrogens with one attached hydrogen (secondary N) is 1. The summed E-state index contributed by atoms with van der Waals surface area (Å²) in [4.78, 5) is 32.5. The molecule has 0 amide bonds. The number of carbonyl (C=O) groups excluding carboxylic acids is 1. The van der Waals surface area contributed by atoms with Crippen LogP contribution in [0.25, 0.3) is 22.0 Å². The summed E-state index contributed by atoms with van der Waals surface area (Å²) in [5.74, 6) is 0.107. The third-order valence-electron chi connectivity index (χ3n) is 7.41. The third-order valence-corrected chi connectivity index (χ3v) is 8.82. The van der Waals surface area contributed by atoms with Crippen LogP contribution in [-0.4, -0.2) is 42.8 Å². The van der Waals surface area contributed by atoms with E-state index in [0.717, 1.165) is 33.9 Å². The number of anilines is 1. The molecule has 11 heteroatoms. The van der Waals surface area contributed by atoms with Crippen molar-refractivity contribution in [1.29, 1.82) is 0 Å². The number of hydrogen-bond donors (Lipinski definition) is 1. The lowest BCUT2D eigenvalue weighted by atomic mass is 9.95. The van der Waals surface area contributed by atoms with E-state index in [-0.39, 0.29) is 29.5 Å². The molecular weight excluding hydrogens is 541 g/mol. The van der Waals surface area contributed by atoms with Crippen molar-refractivity contribution in [3.8, 4) is 22.0 Å². The normalized spacial score (nSPS) is 17.5. The Morgan fingerprint density at radius 1 is 1.02 bits per heavy atom. The zero-order chi connectivity index (χ0) is 28.1. The van der Waals surface area contributed by atoms with E-state index in [1.165, 1.54) is 6.07 Å². The highest BCUT2D eigenvalue weighted by atomic mass is 32.1. The quantitative estimate of drug-likeness (QED) is 0.285. The molecule has 1 aliphatic carbocycles. The third kappa shape index (κ3) is 4.71. The molecule has 1 aliphatic heterocycles. The summed E-state index contributed by atoms with van der Waals surface area (Å²) >= 11 is 1.57. The summed E-state index contributed by atoms with van der Waals surface area (Å²) < 4.78 is 20.9. The molecule has 0 unspecified atom stereocenters. The molecule has 1 atom stereocenters. The molecule has 2 aromatic carbocycles. The van der Waals surface area contributed by atoms with Gasteiger partial charge in [-0.2, -0.15) is 0 Å². The number of ketones is 1. The summed E-state index contributed by atoms with van der Waals surface area (Å²) in [6.07, 6.45) is 4.45. The lowest BCUT2D eigenvalue weighted by Crippen LogP contribution is -2.29. The van der Waals surface area contributed by atoms with Gasteiger partial charge in [0.2, 0.25) is 0 Å². The summed E-state index contributed by atoms with van der Waals surface area (Å²) in [5.41, 5.74) is 3.54. The molecule has 41 heavy (non-hydrogen) atoms. The number of aryl methyl sites for hydroxylation is 1. The zero-order valence-corrected chi connectivity index (χ0v) is 23.1. The fraction of sp³-hybridized carbons (Fsp3) is 0.233. The van der Waals surface area contributed by atoms with Gasteiger partial charge in [-0.25, -0.2) is 19.3 Å². The minimum Gasteiger partial charge on any atom is -0.402 e. The van der Waals surface area contributed by atoms with Crippen LogP contribution < -0.4 is 5.32 Å². The average Bonchev–Trinajstić information content (AvgIpc) is 3.38. The first kappa shape index (κ1) is 25.3. The van der Waals surface area contributed by atoms with Gasteiger partial charge in [-0.15, -0.1) is 16.4 Å². The number of halogens is 1. The fourth-order valence-electron chi connectivity index (χ4n) is 4.76. The van der Waals surface area contributed by atoms with Crippen LogP contribution in [0.5, 0.6) is 0 Å². The number of Topliss-reactive ketones (excluding diaryl/α,β-unsaturated/α-hetero) is 1. The van der Waals surface area contributed by atoms with E-state index < -0.39 is 12.0 Å². The van der Waals surface area contributed by atoms with Gasteiger partial charge in [-0.05, 0) is 25.8 Å². The van der Waals surface area contributed by atoms with E-state index in [1.807, 2.05) is 37.3 Å². The first-order valence-electron chi connectivity index (χ1n) is 13.2. The van der Waals surface area contributed by atoms with Crippen LogP contribution in [0.4, 0.5) is 10.4 Å². The van der Waals surface area contributed by atoms with Crippen molar-refractivity contribution in [3.05, 3.63) is 94.3 Å². The number of aliphatic imine (C=N–C) groups is 1. The number of carbonyl (C=O) groups is 1. The Morgan fingerprint density at radius 3 is 2.56 bits per heavy atom. The molecule has 5 aromatic rings. The minimum absolute atomic E-state index is 0.0132. The highest BCUT2D eigenvalue weighted by Crippen LogP contribution is 2.51. The Morgan fingerprint density at radius 2 is 1.80 bits per heavy atom. The number of hydrogen-bond acceptors (Lipinski definition) is 10. The van der Waals surface area contributed by atoms with E-state index in [0.29, 0.717) is 28.4 Å². The SMILES string of the molecule is Cc1ncc(-c2sc(C3(C)CC3)nc2-c2nnc(N[C@@H]3N=C(c4ccccc4)c4cccc(F)c4CC3=O)o2)cn1. The highest BCUT2D eigenvalue weighted by molar-refractivity contribution is 7.15. The van der Waals surface area contributed by atoms with Crippen LogP contribution in [0.15, 0.2) is 70.3 Å². The lowest BCUT2D eigenvalue weighted by molar-refractivity contribution is -0.119. The Hall–Kier alpha value is -4.64. The van der Waals surface area contributed by atoms with Crippen molar-refractivity contribution in [2.24, 2.45) is 4.99 Å². The van der Waals surface area contributed by atoms with Gasteiger partial charge >= 0.3 is 6.01 Å². The topological polar surface area (TPSA) is 119 Å². The fourth-order valence-corrected chi connectivity index (χ4v) is 6.00. The van der Waals surface area contributed by atoms with E-state index in [9.17, 15) is 9.18 Å². The van der Waals surface area contributed by atoms with Crippen LogP contribution in [0.1, 0.15) is 47.3 Å². The molecular formula is C30H24FN7O2S. The van der Waals surface area contributed by atoms with Gasteiger partial charge in [0.25, 0.3) is 5.89 Å². The second-order valence-corrected chi connectivity index (χ2v) is 11.5. The maximum Gasteiger partial charge on any atom is 0.317 e. The summed E-state index contributed by atoms with van der Waals surface area (Å²) in [6.45, 7) is 4.02. The molecule has 9 nitrogen and oxygen atoms in total. The molecule has 1 fully saturated rings. The first-order chi connectivity index (χ1) is 19.9. The summed E-state index contributed by atoms with van der Waals surface area (Å²) in [5, 5.41) is 12.4. The highest BCUT2D eigenvalue weighted by Gasteiger charge is 2.43. The molecule has 2 aliphatic rings. The van der Waals surface area contributed by atoms with E-state index in [4.69, 9.17) is 14.4 Å². The maximum absolute atomic E-state index is 14.9. The lowest BCUT2D eigenvalue weighted by Gasteiger charge is -2.11. The van der Waals surface area contributed by atoms with Crippen LogP contribution in [0.3, 0.4) is 0 Å². The van der Waals surface area contributed by atoms with E-state index >= 15 is 0 Å².